The molecule has 0 saturated heterocycles. The molecular formula is C38H37ClN4O5S. The molecule has 1 aromatic heterocycles. The Morgan fingerprint density at radius 3 is 2.08 bits per heavy atom. The lowest BCUT2D eigenvalue weighted by Crippen LogP contribution is -2.35. The van der Waals surface area contributed by atoms with E-state index in [1.54, 1.807) is 47.1 Å². The number of thiophene rings is 1. The molecule has 9 nitrogen and oxygen atoms in total. The number of rotatable bonds is 8. The molecule has 0 spiro atoms. The number of methoxy groups -OCH3 is 1. The number of likely N-dealkylation sites (N-methyl/N-ethyl adjacent to an activating group) is 2. The molecular weight excluding hydrogens is 660 g/mol. The Morgan fingerprint density at radius 1 is 0.816 bits per heavy atom. The van der Waals surface area contributed by atoms with E-state index in [1.807, 2.05) is 73.6 Å². The van der Waals surface area contributed by atoms with Crippen molar-refractivity contribution >= 4 is 73.8 Å². The first kappa shape index (κ1) is 32.9. The van der Waals surface area contributed by atoms with Crippen molar-refractivity contribution in [2.45, 2.75) is 12.3 Å². The Balaban J connectivity index is 1.17. The van der Waals surface area contributed by atoms with Crippen molar-refractivity contribution in [1.82, 2.24) is 9.80 Å². The van der Waals surface area contributed by atoms with Gasteiger partial charge in [0.2, 0.25) is 0 Å². The summed E-state index contributed by atoms with van der Waals surface area (Å²) >= 11 is 7.63. The molecule has 0 aliphatic carbocycles. The van der Waals surface area contributed by atoms with Crippen LogP contribution in [0.2, 0.25) is 0 Å². The summed E-state index contributed by atoms with van der Waals surface area (Å²) in [4.78, 5) is 49.1. The number of amides is 3. The number of carbonyl (C=O) groups excluding carboxylic acids is 3. The molecule has 252 valence electrons. The second kappa shape index (κ2) is 13.3. The SMILES string of the molecule is COc1cc2c(c3ccccc13)C(CCl)CN2C(=O)c1ccc(C(=O)N2CCc3c2cc(OC(=O)N(C)CCN(C)C)c2ccccc32)s1. The molecule has 3 heterocycles. The van der Waals surface area contributed by atoms with Gasteiger partial charge in [-0.15, -0.1) is 22.9 Å². The van der Waals surface area contributed by atoms with Gasteiger partial charge >= 0.3 is 6.09 Å². The molecule has 2 aliphatic heterocycles. The van der Waals surface area contributed by atoms with Crippen LogP contribution in [0.1, 0.15) is 36.4 Å². The van der Waals surface area contributed by atoms with Crippen molar-refractivity contribution in [2.75, 3.05) is 70.1 Å². The third-order valence-electron chi connectivity index (χ3n) is 9.41. The topological polar surface area (TPSA) is 82.6 Å². The van der Waals surface area contributed by atoms with Gasteiger partial charge in [0.05, 0.1) is 28.2 Å². The first-order chi connectivity index (χ1) is 23.7. The number of nitrogens with zero attached hydrogens (tertiary/aromatic N) is 4. The standard InChI is InChI=1S/C38H37ClN4O5S/c1-40(2)17-18-41(3)38(46)48-32-19-29-25(24-9-5-6-10-26(24)32)15-16-42(29)36(44)33-13-14-34(49-33)37(45)43-22-23(21-39)35-28-12-8-7-11-27(28)31(47-4)20-30(35)43/h5-14,19-20,23H,15-18,21-22H2,1-4H3. The minimum absolute atomic E-state index is 0.0375. The summed E-state index contributed by atoms with van der Waals surface area (Å²) in [5.41, 5.74) is 3.55. The Labute approximate surface area is 294 Å². The van der Waals surface area contributed by atoms with Gasteiger partial charge in [-0.3, -0.25) is 9.59 Å². The van der Waals surface area contributed by atoms with Crippen LogP contribution in [0.5, 0.6) is 11.5 Å². The van der Waals surface area contributed by atoms with Crippen molar-refractivity contribution in [3.05, 3.63) is 93.7 Å². The zero-order valence-corrected chi connectivity index (χ0v) is 29.4. The summed E-state index contributed by atoms with van der Waals surface area (Å²) in [5.74, 6) is 1.04. The van der Waals surface area contributed by atoms with Crippen LogP contribution in [0.3, 0.4) is 0 Å². The van der Waals surface area contributed by atoms with Crippen LogP contribution in [0.15, 0.2) is 72.8 Å². The molecule has 1 atom stereocenters. The first-order valence-corrected chi connectivity index (χ1v) is 17.6. The highest BCUT2D eigenvalue weighted by Crippen LogP contribution is 2.46. The van der Waals surface area contributed by atoms with E-state index in [2.05, 4.69) is 0 Å². The molecule has 2 aliphatic rings. The predicted molar refractivity (Wildman–Crippen MR) is 196 cm³/mol. The van der Waals surface area contributed by atoms with Crippen LogP contribution in [0.4, 0.5) is 16.2 Å². The molecule has 0 bridgehead atoms. The van der Waals surface area contributed by atoms with Crippen LogP contribution in [0.25, 0.3) is 21.5 Å². The van der Waals surface area contributed by atoms with Crippen molar-refractivity contribution < 1.29 is 23.9 Å². The summed E-state index contributed by atoms with van der Waals surface area (Å²) in [5, 5.41) is 3.76. The first-order valence-electron chi connectivity index (χ1n) is 16.2. The predicted octanol–water partition coefficient (Wildman–Crippen LogP) is 7.24. The van der Waals surface area contributed by atoms with Crippen LogP contribution >= 0.6 is 22.9 Å². The minimum Gasteiger partial charge on any atom is -0.496 e. The molecule has 0 radical (unpaired) electrons. The van der Waals surface area contributed by atoms with Gasteiger partial charge in [0.15, 0.2) is 0 Å². The minimum atomic E-state index is -0.463. The van der Waals surface area contributed by atoms with E-state index < -0.39 is 6.09 Å². The number of hydrogen-bond acceptors (Lipinski definition) is 7. The molecule has 5 aromatic rings. The van der Waals surface area contributed by atoms with Crippen LogP contribution in [-0.2, 0) is 6.42 Å². The average molecular weight is 697 g/mol. The molecule has 49 heavy (non-hydrogen) atoms. The third-order valence-corrected chi connectivity index (χ3v) is 10.8. The number of fused-ring (bicyclic) bond motifs is 6. The number of hydrogen-bond donors (Lipinski definition) is 0. The fourth-order valence-corrected chi connectivity index (χ4v) is 8.03. The average Bonchev–Trinajstić information content (AvgIpc) is 3.87. The summed E-state index contributed by atoms with van der Waals surface area (Å²) in [6.45, 7) is 2.13. The molecule has 7 rings (SSSR count). The van der Waals surface area contributed by atoms with Gasteiger partial charge in [-0.05, 0) is 54.5 Å². The largest absolute Gasteiger partial charge is 0.496 e. The lowest BCUT2D eigenvalue weighted by atomic mass is 9.95. The number of anilines is 2. The molecule has 0 fully saturated rings. The molecule has 3 amide bonds. The number of ether oxygens (including phenoxy) is 2. The monoisotopic (exact) mass is 696 g/mol. The van der Waals surface area contributed by atoms with Crippen molar-refractivity contribution in [3.8, 4) is 11.5 Å². The van der Waals surface area contributed by atoms with E-state index in [4.69, 9.17) is 21.1 Å². The molecule has 0 N–H and O–H groups in total. The van der Waals surface area contributed by atoms with E-state index in [0.29, 0.717) is 65.4 Å². The molecule has 4 aromatic carbocycles. The van der Waals surface area contributed by atoms with E-state index in [1.165, 1.54) is 11.3 Å². The lowest BCUT2D eigenvalue weighted by Gasteiger charge is -2.21. The van der Waals surface area contributed by atoms with Crippen molar-refractivity contribution in [1.29, 1.82) is 0 Å². The number of alkyl halides is 1. The van der Waals surface area contributed by atoms with E-state index >= 15 is 0 Å². The van der Waals surface area contributed by atoms with Crippen molar-refractivity contribution in [2.24, 2.45) is 0 Å². The fraction of sp³-hybridized carbons (Fsp3) is 0.289. The summed E-state index contributed by atoms with van der Waals surface area (Å²) < 4.78 is 11.6. The third kappa shape index (κ3) is 5.88. The van der Waals surface area contributed by atoms with E-state index in [9.17, 15) is 14.4 Å². The van der Waals surface area contributed by atoms with Crippen LogP contribution in [0, 0.1) is 0 Å². The van der Waals surface area contributed by atoms with E-state index in [-0.39, 0.29) is 17.7 Å². The van der Waals surface area contributed by atoms with Crippen LogP contribution < -0.4 is 19.3 Å². The zero-order chi connectivity index (χ0) is 34.4. The van der Waals surface area contributed by atoms with Gasteiger partial charge in [0, 0.05) is 67.9 Å². The highest BCUT2D eigenvalue weighted by Gasteiger charge is 2.36. The Kier molecular flexibility index (Phi) is 8.96. The van der Waals surface area contributed by atoms with Gasteiger partial charge in [-0.25, -0.2) is 4.79 Å². The number of halogens is 1. The lowest BCUT2D eigenvalue weighted by molar-refractivity contribution is 0.0986. The highest BCUT2D eigenvalue weighted by molar-refractivity contribution is 7.16. The summed E-state index contributed by atoms with van der Waals surface area (Å²) in [6, 6.07) is 22.9. The molecule has 11 heteroatoms. The fourth-order valence-electron chi connectivity index (χ4n) is 6.88. The van der Waals surface area contributed by atoms with Crippen LogP contribution in [-0.4, -0.2) is 88.0 Å². The van der Waals surface area contributed by atoms with Gasteiger partial charge in [0.1, 0.15) is 11.5 Å². The second-order valence-electron chi connectivity index (χ2n) is 12.7. The normalized spacial score (nSPS) is 15.2. The second-order valence-corrected chi connectivity index (χ2v) is 14.1. The van der Waals surface area contributed by atoms with Gasteiger partial charge < -0.3 is 29.1 Å². The molecule has 0 saturated carbocycles. The summed E-state index contributed by atoms with van der Waals surface area (Å²) in [7, 11) is 7.24. The maximum atomic E-state index is 14.1. The summed E-state index contributed by atoms with van der Waals surface area (Å²) in [6.07, 6.45) is 0.199. The van der Waals surface area contributed by atoms with Gasteiger partial charge in [-0.1, -0.05) is 48.5 Å². The number of carbonyl (C=O) groups is 3. The van der Waals surface area contributed by atoms with Gasteiger partial charge in [-0.2, -0.15) is 0 Å². The number of benzene rings is 4. The van der Waals surface area contributed by atoms with Crippen molar-refractivity contribution in [3.63, 3.8) is 0 Å². The molecule has 1 unspecified atom stereocenters. The highest BCUT2D eigenvalue weighted by atomic mass is 35.5. The zero-order valence-electron chi connectivity index (χ0n) is 27.9. The maximum Gasteiger partial charge on any atom is 0.415 e. The maximum absolute atomic E-state index is 14.1. The Hall–Kier alpha value is -4.64. The van der Waals surface area contributed by atoms with Gasteiger partial charge in [0.25, 0.3) is 11.8 Å². The van der Waals surface area contributed by atoms with E-state index in [0.717, 1.165) is 38.4 Å². The quantitative estimate of drug-likeness (QED) is 0.159. The Bertz CT molecular complexity index is 2110. The smallest absolute Gasteiger partial charge is 0.415 e. The Morgan fingerprint density at radius 2 is 1.43 bits per heavy atom.